The Hall–Kier alpha value is -2.85. The summed E-state index contributed by atoms with van der Waals surface area (Å²) in [6.45, 7) is 2.42. The van der Waals surface area contributed by atoms with Crippen LogP contribution in [0.3, 0.4) is 0 Å². The van der Waals surface area contributed by atoms with Gasteiger partial charge < -0.3 is 15.0 Å². The zero-order valence-corrected chi connectivity index (χ0v) is 19.0. The highest BCUT2D eigenvalue weighted by Gasteiger charge is 2.36. The van der Waals surface area contributed by atoms with Crippen LogP contribution < -0.4 is 15.0 Å². The molecule has 0 unspecified atom stereocenters. The third-order valence-corrected chi connectivity index (χ3v) is 7.29. The van der Waals surface area contributed by atoms with Crippen molar-refractivity contribution in [1.29, 1.82) is 5.26 Å². The van der Waals surface area contributed by atoms with E-state index in [-0.39, 0.29) is 0 Å². The van der Waals surface area contributed by atoms with Gasteiger partial charge in [0.05, 0.1) is 24.9 Å². The second kappa shape index (κ2) is 8.95. The monoisotopic (exact) mass is 432 g/mol. The first-order valence-electron chi connectivity index (χ1n) is 11.9. The predicted octanol–water partition coefficient (Wildman–Crippen LogP) is 4.43. The summed E-state index contributed by atoms with van der Waals surface area (Å²) in [5.74, 6) is 2.57. The number of hydrogen-bond donors (Lipinski definition) is 1. The molecule has 3 fully saturated rings. The Bertz CT molecular complexity index is 1010. The summed E-state index contributed by atoms with van der Waals surface area (Å²) in [6, 6.07) is 9.34. The van der Waals surface area contributed by atoms with Crippen LogP contribution in [0.2, 0.25) is 0 Å². The Morgan fingerprint density at radius 3 is 2.78 bits per heavy atom. The van der Waals surface area contributed by atoms with Gasteiger partial charge in [0.25, 0.3) is 0 Å². The van der Waals surface area contributed by atoms with Gasteiger partial charge in [-0.15, -0.1) is 0 Å². The lowest BCUT2D eigenvalue weighted by Gasteiger charge is -2.47. The largest absolute Gasteiger partial charge is 0.491 e. The minimum Gasteiger partial charge on any atom is -0.491 e. The SMILES string of the molecule is COc1cnc(Nc2ccc(C3CC3)c(C#N)c2)nc1N(C)[C@H]1CCCN2CCCC[C@H]12. The topological polar surface area (TPSA) is 77.3 Å². The van der Waals surface area contributed by atoms with Crippen LogP contribution in [0.5, 0.6) is 5.75 Å². The lowest BCUT2D eigenvalue weighted by Crippen LogP contribution is -2.56. The number of aromatic nitrogens is 2. The van der Waals surface area contributed by atoms with Crippen LogP contribution in [-0.4, -0.2) is 54.2 Å². The second-order valence-electron chi connectivity index (χ2n) is 9.32. The van der Waals surface area contributed by atoms with Crippen LogP contribution in [-0.2, 0) is 0 Å². The second-order valence-corrected chi connectivity index (χ2v) is 9.32. The van der Waals surface area contributed by atoms with Crippen LogP contribution in [0.15, 0.2) is 24.4 Å². The molecular weight excluding hydrogens is 400 g/mol. The van der Waals surface area contributed by atoms with Gasteiger partial charge in [-0.05, 0) is 75.2 Å². The Morgan fingerprint density at radius 2 is 2.00 bits per heavy atom. The molecule has 1 saturated carbocycles. The van der Waals surface area contributed by atoms with Crippen molar-refractivity contribution in [3.05, 3.63) is 35.5 Å². The van der Waals surface area contributed by atoms with E-state index in [1.807, 2.05) is 12.1 Å². The molecule has 2 aromatic rings. The van der Waals surface area contributed by atoms with Gasteiger partial charge in [0.1, 0.15) is 0 Å². The van der Waals surface area contributed by atoms with E-state index in [0.29, 0.717) is 29.7 Å². The molecule has 0 spiro atoms. The maximum absolute atomic E-state index is 9.57. The van der Waals surface area contributed by atoms with Crippen molar-refractivity contribution in [2.75, 3.05) is 37.5 Å². The highest BCUT2D eigenvalue weighted by Crippen LogP contribution is 2.42. The number of hydrogen-bond acceptors (Lipinski definition) is 7. The number of ether oxygens (including phenoxy) is 1. The number of rotatable bonds is 6. The van der Waals surface area contributed by atoms with E-state index in [4.69, 9.17) is 9.72 Å². The summed E-state index contributed by atoms with van der Waals surface area (Å²) in [4.78, 5) is 14.3. The molecule has 5 rings (SSSR count). The number of fused-ring (bicyclic) bond motifs is 1. The maximum atomic E-state index is 9.57. The average molecular weight is 433 g/mol. The molecular formula is C25H32N6O. The standard InChI is InChI=1S/C25H32N6O/c1-30(21-7-5-13-31-12-4-3-6-22(21)31)24-23(32-2)16-27-25(29-24)28-19-10-11-20(17-8-9-17)18(14-19)15-26/h10-11,14,16-17,21-22H,3-9,12-13H2,1-2H3,(H,27,28,29)/t21-,22+/m0/s1. The highest BCUT2D eigenvalue weighted by atomic mass is 16.5. The Kier molecular flexibility index (Phi) is 5.88. The summed E-state index contributed by atoms with van der Waals surface area (Å²) in [5.41, 5.74) is 2.73. The smallest absolute Gasteiger partial charge is 0.229 e. The Balaban J connectivity index is 1.39. The number of methoxy groups -OCH3 is 1. The van der Waals surface area contributed by atoms with Gasteiger partial charge in [0.2, 0.25) is 5.95 Å². The number of nitriles is 1. The molecule has 0 amide bonds. The van der Waals surface area contributed by atoms with Crippen LogP contribution >= 0.6 is 0 Å². The summed E-state index contributed by atoms with van der Waals surface area (Å²) in [7, 11) is 3.81. The molecule has 7 nitrogen and oxygen atoms in total. The van der Waals surface area contributed by atoms with Gasteiger partial charge in [0.15, 0.2) is 11.6 Å². The van der Waals surface area contributed by atoms with Crippen molar-refractivity contribution < 1.29 is 4.74 Å². The number of nitrogens with zero attached hydrogens (tertiary/aromatic N) is 5. The molecule has 32 heavy (non-hydrogen) atoms. The molecule has 1 aromatic carbocycles. The summed E-state index contributed by atoms with van der Waals surface area (Å²) >= 11 is 0. The van der Waals surface area contributed by atoms with E-state index < -0.39 is 0 Å². The van der Waals surface area contributed by atoms with Gasteiger partial charge in [0, 0.05) is 24.8 Å². The molecule has 0 radical (unpaired) electrons. The number of nitrogens with one attached hydrogen (secondary N) is 1. The van der Waals surface area contributed by atoms with E-state index in [1.165, 1.54) is 58.0 Å². The number of piperidine rings is 2. The number of likely N-dealkylation sites (N-methyl/N-ethyl adjacent to an activating group) is 1. The fourth-order valence-electron chi connectivity index (χ4n) is 5.46. The summed E-state index contributed by atoms with van der Waals surface area (Å²) < 4.78 is 5.63. The molecule has 7 heteroatoms. The fourth-order valence-corrected chi connectivity index (χ4v) is 5.46. The molecule has 2 aliphatic heterocycles. The first-order chi connectivity index (χ1) is 15.7. The quantitative estimate of drug-likeness (QED) is 0.723. The molecule has 1 N–H and O–H groups in total. The molecule has 168 valence electrons. The third-order valence-electron chi connectivity index (χ3n) is 7.29. The Morgan fingerprint density at radius 1 is 1.16 bits per heavy atom. The molecule has 0 bridgehead atoms. The highest BCUT2D eigenvalue weighted by molar-refractivity contribution is 5.62. The number of benzene rings is 1. The molecule has 3 aliphatic rings. The van der Waals surface area contributed by atoms with Crippen molar-refractivity contribution in [3.63, 3.8) is 0 Å². The van der Waals surface area contributed by atoms with Crippen LogP contribution in [0.25, 0.3) is 0 Å². The van der Waals surface area contributed by atoms with Crippen LogP contribution in [0.4, 0.5) is 17.5 Å². The first-order valence-corrected chi connectivity index (χ1v) is 11.9. The van der Waals surface area contributed by atoms with E-state index in [9.17, 15) is 5.26 Å². The van der Waals surface area contributed by atoms with Crippen molar-refractivity contribution in [2.45, 2.75) is 62.9 Å². The third kappa shape index (κ3) is 4.12. The zero-order chi connectivity index (χ0) is 22.1. The molecule has 1 aromatic heterocycles. The normalized spacial score (nSPS) is 23.2. The van der Waals surface area contributed by atoms with E-state index in [2.05, 4.69) is 39.3 Å². The lowest BCUT2D eigenvalue weighted by atomic mass is 9.88. The minimum atomic E-state index is 0.420. The van der Waals surface area contributed by atoms with E-state index in [1.54, 1.807) is 13.3 Å². The van der Waals surface area contributed by atoms with E-state index >= 15 is 0 Å². The van der Waals surface area contributed by atoms with Crippen LogP contribution in [0, 0.1) is 11.3 Å². The molecule has 1 aliphatic carbocycles. The Labute approximate surface area is 190 Å². The van der Waals surface area contributed by atoms with Crippen molar-refractivity contribution in [2.24, 2.45) is 0 Å². The van der Waals surface area contributed by atoms with Gasteiger partial charge in [-0.1, -0.05) is 12.5 Å². The lowest BCUT2D eigenvalue weighted by molar-refractivity contribution is 0.0892. The van der Waals surface area contributed by atoms with Gasteiger partial charge in [-0.25, -0.2) is 4.98 Å². The van der Waals surface area contributed by atoms with Crippen molar-refractivity contribution in [1.82, 2.24) is 14.9 Å². The fraction of sp³-hybridized carbons (Fsp3) is 0.560. The van der Waals surface area contributed by atoms with Crippen LogP contribution in [0.1, 0.15) is 62.0 Å². The summed E-state index contributed by atoms with van der Waals surface area (Å²) in [6.07, 6.45) is 10.3. The molecule has 2 saturated heterocycles. The van der Waals surface area contributed by atoms with E-state index in [0.717, 1.165) is 22.6 Å². The molecule has 2 atom stereocenters. The number of anilines is 3. The molecule has 3 heterocycles. The minimum absolute atomic E-state index is 0.420. The van der Waals surface area contributed by atoms with Crippen molar-refractivity contribution >= 4 is 17.5 Å². The van der Waals surface area contributed by atoms with Gasteiger partial charge in [-0.3, -0.25) is 4.90 Å². The van der Waals surface area contributed by atoms with Crippen molar-refractivity contribution in [3.8, 4) is 11.8 Å². The van der Waals surface area contributed by atoms with Gasteiger partial charge in [-0.2, -0.15) is 10.2 Å². The average Bonchev–Trinajstić information content (AvgIpc) is 3.68. The maximum Gasteiger partial charge on any atom is 0.229 e. The zero-order valence-electron chi connectivity index (χ0n) is 19.0. The summed E-state index contributed by atoms with van der Waals surface area (Å²) in [5, 5.41) is 12.9. The van der Waals surface area contributed by atoms with Gasteiger partial charge >= 0.3 is 0 Å². The first kappa shape index (κ1) is 21.0. The predicted molar refractivity (Wildman–Crippen MR) is 126 cm³/mol.